The average Bonchev–Trinajstić information content (AvgIpc) is 3.14. The Kier molecular flexibility index (Phi) is 7.19. The lowest BCUT2D eigenvalue weighted by Gasteiger charge is -2.26. The van der Waals surface area contributed by atoms with Crippen LogP contribution in [-0.2, 0) is 23.7 Å². The molecule has 0 N–H and O–H groups in total. The lowest BCUT2D eigenvalue weighted by atomic mass is 10.3. The van der Waals surface area contributed by atoms with E-state index in [0.717, 1.165) is 6.61 Å². The van der Waals surface area contributed by atoms with Crippen molar-refractivity contribution >= 4 is 5.91 Å². The number of hydrogen-bond acceptors (Lipinski definition) is 5. The molecule has 0 aromatic carbocycles. The summed E-state index contributed by atoms with van der Waals surface area (Å²) in [5.74, 6) is 0.0134. The van der Waals surface area contributed by atoms with E-state index < -0.39 is 0 Å². The SMILES string of the molecule is COCCN(CC(COC)OCC1CO1)C(C)=O. The first kappa shape index (κ1) is 15.4. The molecule has 1 aliphatic rings. The minimum atomic E-state index is -0.125. The highest BCUT2D eigenvalue weighted by atomic mass is 16.6. The third-order valence-electron chi connectivity index (χ3n) is 2.71. The Bertz CT molecular complexity index is 245. The lowest BCUT2D eigenvalue weighted by molar-refractivity contribution is -0.132. The molecule has 0 spiro atoms. The van der Waals surface area contributed by atoms with Crippen molar-refractivity contribution in [1.82, 2.24) is 4.90 Å². The molecule has 1 heterocycles. The molecule has 0 aromatic heterocycles. The highest BCUT2D eigenvalue weighted by Crippen LogP contribution is 2.10. The lowest BCUT2D eigenvalue weighted by Crippen LogP contribution is -2.41. The van der Waals surface area contributed by atoms with Gasteiger partial charge in [-0.25, -0.2) is 0 Å². The van der Waals surface area contributed by atoms with Gasteiger partial charge >= 0.3 is 0 Å². The Morgan fingerprint density at radius 2 is 2.17 bits per heavy atom. The van der Waals surface area contributed by atoms with Gasteiger partial charge in [-0.1, -0.05) is 0 Å². The highest BCUT2D eigenvalue weighted by molar-refractivity contribution is 5.73. The first-order valence-electron chi connectivity index (χ1n) is 6.14. The molecule has 0 aliphatic carbocycles. The molecule has 1 fully saturated rings. The number of epoxide rings is 1. The fraction of sp³-hybridized carbons (Fsp3) is 0.917. The summed E-state index contributed by atoms with van der Waals surface area (Å²) in [5, 5.41) is 0. The van der Waals surface area contributed by atoms with Crippen LogP contribution in [0, 0.1) is 0 Å². The number of methoxy groups -OCH3 is 2. The third-order valence-corrected chi connectivity index (χ3v) is 2.71. The van der Waals surface area contributed by atoms with Gasteiger partial charge in [-0.05, 0) is 0 Å². The van der Waals surface area contributed by atoms with E-state index in [1.807, 2.05) is 0 Å². The average molecular weight is 261 g/mol. The van der Waals surface area contributed by atoms with E-state index in [4.69, 9.17) is 18.9 Å². The highest BCUT2D eigenvalue weighted by Gasteiger charge is 2.25. The monoisotopic (exact) mass is 261 g/mol. The number of rotatable bonds is 10. The summed E-state index contributed by atoms with van der Waals surface area (Å²) in [6.45, 7) is 4.93. The van der Waals surface area contributed by atoms with Crippen LogP contribution in [0.25, 0.3) is 0 Å². The molecule has 6 heteroatoms. The second-order valence-electron chi connectivity index (χ2n) is 4.32. The van der Waals surface area contributed by atoms with E-state index in [2.05, 4.69) is 0 Å². The van der Waals surface area contributed by atoms with Crippen LogP contribution in [0.3, 0.4) is 0 Å². The molecule has 0 radical (unpaired) electrons. The predicted molar refractivity (Wildman–Crippen MR) is 65.5 cm³/mol. The number of ether oxygens (including phenoxy) is 4. The van der Waals surface area contributed by atoms with Crippen molar-refractivity contribution in [2.45, 2.75) is 19.1 Å². The Morgan fingerprint density at radius 3 is 2.67 bits per heavy atom. The summed E-state index contributed by atoms with van der Waals surface area (Å²) in [6.07, 6.45) is 0.0917. The molecule has 18 heavy (non-hydrogen) atoms. The van der Waals surface area contributed by atoms with Gasteiger partial charge in [0.1, 0.15) is 6.10 Å². The second kappa shape index (κ2) is 8.42. The van der Waals surface area contributed by atoms with Crippen LogP contribution in [0.15, 0.2) is 0 Å². The predicted octanol–water partition coefficient (Wildman–Crippen LogP) is -0.0883. The molecule has 1 saturated heterocycles. The van der Waals surface area contributed by atoms with Crippen LogP contribution in [0.2, 0.25) is 0 Å². The number of carbonyl (C=O) groups is 1. The Morgan fingerprint density at radius 1 is 1.44 bits per heavy atom. The molecule has 2 unspecified atom stereocenters. The fourth-order valence-corrected chi connectivity index (χ4v) is 1.57. The van der Waals surface area contributed by atoms with Gasteiger partial charge in [0.2, 0.25) is 5.91 Å². The van der Waals surface area contributed by atoms with Gasteiger partial charge in [-0.3, -0.25) is 4.79 Å². The Labute approximate surface area is 108 Å². The number of nitrogens with zero attached hydrogens (tertiary/aromatic N) is 1. The van der Waals surface area contributed by atoms with Crippen LogP contribution >= 0.6 is 0 Å². The van der Waals surface area contributed by atoms with Crippen LogP contribution in [0.1, 0.15) is 6.92 Å². The summed E-state index contributed by atoms with van der Waals surface area (Å²) >= 11 is 0. The number of hydrogen-bond donors (Lipinski definition) is 0. The van der Waals surface area contributed by atoms with E-state index in [1.165, 1.54) is 0 Å². The van der Waals surface area contributed by atoms with Crippen molar-refractivity contribution in [3.05, 3.63) is 0 Å². The topological polar surface area (TPSA) is 60.5 Å². The summed E-state index contributed by atoms with van der Waals surface area (Å²) in [6, 6.07) is 0. The van der Waals surface area contributed by atoms with Crippen molar-refractivity contribution in [1.29, 1.82) is 0 Å². The van der Waals surface area contributed by atoms with Gasteiger partial charge in [0.25, 0.3) is 0 Å². The van der Waals surface area contributed by atoms with E-state index >= 15 is 0 Å². The van der Waals surface area contributed by atoms with Crippen molar-refractivity contribution in [3.8, 4) is 0 Å². The first-order valence-corrected chi connectivity index (χ1v) is 6.14. The largest absolute Gasteiger partial charge is 0.383 e. The maximum absolute atomic E-state index is 11.5. The molecule has 0 saturated carbocycles. The zero-order valence-corrected chi connectivity index (χ0v) is 11.4. The normalized spacial score (nSPS) is 19.6. The maximum Gasteiger partial charge on any atom is 0.219 e. The van der Waals surface area contributed by atoms with E-state index in [9.17, 15) is 4.79 Å². The van der Waals surface area contributed by atoms with E-state index in [0.29, 0.717) is 32.9 Å². The standard InChI is InChI=1S/C12H23NO5/c1-10(14)13(4-5-15-2)6-11(7-16-3)17-8-12-9-18-12/h11-12H,4-9H2,1-3H3. The molecular formula is C12H23NO5. The minimum Gasteiger partial charge on any atom is -0.383 e. The fourth-order valence-electron chi connectivity index (χ4n) is 1.57. The van der Waals surface area contributed by atoms with Gasteiger partial charge in [-0.15, -0.1) is 0 Å². The van der Waals surface area contributed by atoms with Gasteiger partial charge in [0.05, 0.1) is 32.5 Å². The van der Waals surface area contributed by atoms with Crippen molar-refractivity contribution < 1.29 is 23.7 Å². The Balaban J connectivity index is 2.35. The van der Waals surface area contributed by atoms with E-state index in [1.54, 1.807) is 26.0 Å². The summed E-state index contributed by atoms with van der Waals surface area (Å²) < 4.78 is 20.9. The summed E-state index contributed by atoms with van der Waals surface area (Å²) in [7, 11) is 3.24. The molecule has 1 rings (SSSR count). The molecular weight excluding hydrogens is 238 g/mol. The molecule has 0 bridgehead atoms. The van der Waals surface area contributed by atoms with Gasteiger partial charge in [-0.2, -0.15) is 0 Å². The summed E-state index contributed by atoms with van der Waals surface area (Å²) in [4.78, 5) is 13.2. The van der Waals surface area contributed by atoms with Gasteiger partial charge < -0.3 is 23.8 Å². The van der Waals surface area contributed by atoms with Gasteiger partial charge in [0.15, 0.2) is 0 Å². The molecule has 106 valence electrons. The molecule has 1 aliphatic heterocycles. The van der Waals surface area contributed by atoms with Crippen molar-refractivity contribution in [2.24, 2.45) is 0 Å². The zero-order valence-electron chi connectivity index (χ0n) is 11.4. The van der Waals surface area contributed by atoms with Gasteiger partial charge in [0, 0.05) is 34.2 Å². The maximum atomic E-state index is 11.5. The van der Waals surface area contributed by atoms with Crippen LogP contribution in [0.5, 0.6) is 0 Å². The molecule has 1 amide bonds. The van der Waals surface area contributed by atoms with Crippen LogP contribution < -0.4 is 0 Å². The third kappa shape index (κ3) is 6.30. The number of carbonyl (C=O) groups excluding carboxylic acids is 1. The minimum absolute atomic E-state index is 0.0134. The summed E-state index contributed by atoms with van der Waals surface area (Å²) in [5.41, 5.74) is 0. The van der Waals surface area contributed by atoms with Crippen molar-refractivity contribution in [2.75, 3.05) is 53.7 Å². The first-order chi connectivity index (χ1) is 8.67. The quantitative estimate of drug-likeness (QED) is 0.514. The molecule has 0 aromatic rings. The molecule has 6 nitrogen and oxygen atoms in total. The van der Waals surface area contributed by atoms with Crippen LogP contribution in [-0.4, -0.2) is 76.8 Å². The molecule has 2 atom stereocenters. The smallest absolute Gasteiger partial charge is 0.219 e. The van der Waals surface area contributed by atoms with Crippen LogP contribution in [0.4, 0.5) is 0 Å². The van der Waals surface area contributed by atoms with E-state index in [-0.39, 0.29) is 18.1 Å². The number of amides is 1. The Hall–Kier alpha value is -0.690. The van der Waals surface area contributed by atoms with Crippen molar-refractivity contribution in [3.63, 3.8) is 0 Å². The zero-order chi connectivity index (χ0) is 13.4. The second-order valence-corrected chi connectivity index (χ2v) is 4.32.